The highest BCUT2D eigenvalue weighted by Crippen LogP contribution is 2.74. The molecule has 1 saturated heterocycles. The van der Waals surface area contributed by atoms with Crippen molar-refractivity contribution in [3.8, 4) is 0 Å². The van der Waals surface area contributed by atoms with Crippen LogP contribution in [0.15, 0.2) is 11.6 Å². The largest absolute Gasteiger partial charge is 0.469 e. The second-order valence-corrected chi connectivity index (χ2v) is 12.5. The molecule has 1 heterocycles. The Morgan fingerprint density at radius 3 is 2.50 bits per heavy atom. The first-order chi connectivity index (χ1) is 15.1. The van der Waals surface area contributed by atoms with E-state index in [2.05, 4.69) is 33.8 Å². The van der Waals surface area contributed by atoms with Crippen LogP contribution in [-0.2, 0) is 23.9 Å². The van der Waals surface area contributed by atoms with Crippen molar-refractivity contribution in [2.75, 3.05) is 7.11 Å². The number of hydrogen-bond acceptors (Lipinski definition) is 5. The quantitative estimate of drug-likeness (QED) is 0.367. The zero-order valence-corrected chi connectivity index (χ0v) is 20.0. The lowest BCUT2D eigenvalue weighted by Gasteiger charge is -2.69. The number of epoxide rings is 1. The van der Waals surface area contributed by atoms with Crippen LogP contribution in [-0.4, -0.2) is 36.9 Å². The molecule has 0 aromatic rings. The lowest BCUT2D eigenvalue weighted by molar-refractivity contribution is -0.201. The smallest absolute Gasteiger partial charge is 0.311 e. The molecular weight excluding hydrogens is 404 g/mol. The maximum atomic E-state index is 13.6. The van der Waals surface area contributed by atoms with Gasteiger partial charge in [-0.05, 0) is 68.1 Å². The predicted molar refractivity (Wildman–Crippen MR) is 117 cm³/mol. The van der Waals surface area contributed by atoms with Gasteiger partial charge in [-0.25, -0.2) is 0 Å². The van der Waals surface area contributed by atoms with Gasteiger partial charge in [0.2, 0.25) is 0 Å². The van der Waals surface area contributed by atoms with Crippen molar-refractivity contribution in [3.05, 3.63) is 11.6 Å². The van der Waals surface area contributed by atoms with Crippen molar-refractivity contribution in [1.82, 2.24) is 0 Å². The molecule has 2 bridgehead atoms. The first-order valence-corrected chi connectivity index (χ1v) is 12.6. The number of allylic oxidation sites excluding steroid dienone is 2. The Bertz CT molecular complexity index is 950. The van der Waals surface area contributed by atoms with Crippen LogP contribution in [0.5, 0.6) is 0 Å². The van der Waals surface area contributed by atoms with Gasteiger partial charge in [0.25, 0.3) is 0 Å². The Morgan fingerprint density at radius 2 is 1.81 bits per heavy atom. The number of esters is 1. The third kappa shape index (κ3) is 2.27. The second kappa shape index (κ2) is 6.34. The molecule has 5 fully saturated rings. The summed E-state index contributed by atoms with van der Waals surface area (Å²) in [6.45, 7) is 8.94. The average Bonchev–Trinajstić information content (AvgIpc) is 3.57. The Kier molecular flexibility index (Phi) is 4.17. The Balaban J connectivity index is 1.50. The Labute approximate surface area is 190 Å². The summed E-state index contributed by atoms with van der Waals surface area (Å²) in [6, 6.07) is 0. The third-order valence-electron chi connectivity index (χ3n) is 11.0. The van der Waals surface area contributed by atoms with Gasteiger partial charge in [-0.2, -0.15) is 0 Å². The van der Waals surface area contributed by atoms with Crippen molar-refractivity contribution >= 4 is 17.5 Å². The molecule has 7 rings (SSSR count). The summed E-state index contributed by atoms with van der Waals surface area (Å²) in [4.78, 5) is 40.0. The van der Waals surface area contributed by atoms with E-state index in [4.69, 9.17) is 9.47 Å². The van der Waals surface area contributed by atoms with E-state index in [0.717, 1.165) is 38.5 Å². The van der Waals surface area contributed by atoms with Gasteiger partial charge in [0.05, 0.1) is 12.5 Å². The molecule has 0 aromatic heterocycles. The molecule has 7 aliphatic rings. The zero-order chi connectivity index (χ0) is 22.8. The first kappa shape index (κ1) is 21.1. The van der Waals surface area contributed by atoms with Crippen molar-refractivity contribution in [2.45, 2.75) is 78.4 Å². The summed E-state index contributed by atoms with van der Waals surface area (Å²) in [5.41, 5.74) is 0.603. The van der Waals surface area contributed by atoms with Gasteiger partial charge >= 0.3 is 5.97 Å². The molecule has 0 aromatic carbocycles. The molecule has 5 heteroatoms. The van der Waals surface area contributed by atoms with E-state index in [1.54, 1.807) is 0 Å². The number of hydrogen-bond donors (Lipinski definition) is 0. The van der Waals surface area contributed by atoms with Gasteiger partial charge in [-0.15, -0.1) is 0 Å². The van der Waals surface area contributed by atoms with Gasteiger partial charge in [-0.1, -0.05) is 38.8 Å². The molecule has 32 heavy (non-hydrogen) atoms. The summed E-state index contributed by atoms with van der Waals surface area (Å²) >= 11 is 0. The number of rotatable bonds is 2. The van der Waals surface area contributed by atoms with E-state index in [-0.39, 0.29) is 52.0 Å². The monoisotopic (exact) mass is 440 g/mol. The molecule has 6 aliphatic carbocycles. The number of Topliss-reactive ketones (excluding diaryl/α,β-unsaturated/α-hetero) is 2. The van der Waals surface area contributed by atoms with Gasteiger partial charge in [0.1, 0.15) is 0 Å². The van der Waals surface area contributed by atoms with E-state index in [0.29, 0.717) is 11.8 Å². The maximum Gasteiger partial charge on any atom is 0.311 e. The van der Waals surface area contributed by atoms with Crippen LogP contribution in [0.1, 0.15) is 66.2 Å². The summed E-state index contributed by atoms with van der Waals surface area (Å²) in [7, 11) is 1.51. The van der Waals surface area contributed by atoms with E-state index < -0.39 is 17.6 Å². The van der Waals surface area contributed by atoms with Gasteiger partial charge in [0, 0.05) is 17.3 Å². The van der Waals surface area contributed by atoms with E-state index >= 15 is 0 Å². The van der Waals surface area contributed by atoms with Crippen LogP contribution in [0.2, 0.25) is 0 Å². The molecule has 0 unspecified atom stereocenters. The summed E-state index contributed by atoms with van der Waals surface area (Å²) < 4.78 is 10.9. The lowest BCUT2D eigenvalue weighted by Crippen LogP contribution is -2.68. The molecular formula is C27H36O5. The molecule has 0 radical (unpaired) electrons. The highest BCUT2D eigenvalue weighted by Gasteiger charge is 2.75. The van der Waals surface area contributed by atoms with Gasteiger partial charge < -0.3 is 9.47 Å². The first-order valence-electron chi connectivity index (χ1n) is 12.6. The molecule has 174 valence electrons. The molecule has 10 atom stereocenters. The number of carbonyl (C=O) groups is 3. The molecule has 4 saturated carbocycles. The van der Waals surface area contributed by atoms with Crippen molar-refractivity contribution < 1.29 is 23.9 Å². The summed E-state index contributed by atoms with van der Waals surface area (Å²) in [5, 5.41) is 0. The molecule has 5 nitrogen and oxygen atoms in total. The van der Waals surface area contributed by atoms with Gasteiger partial charge in [-0.3, -0.25) is 14.4 Å². The van der Waals surface area contributed by atoms with Crippen molar-refractivity contribution in [1.29, 1.82) is 0 Å². The minimum absolute atomic E-state index is 0.0355. The van der Waals surface area contributed by atoms with E-state index in [1.165, 1.54) is 12.7 Å². The number of ether oxygens (including phenoxy) is 2. The minimum Gasteiger partial charge on any atom is -0.469 e. The standard InChI is InChI=1S/C27H36O5/c1-13(2)15-12-27-10-7-16-25(3,8-6-9-26(16,4)24(30)31-5)17(27)11-14(15)18-19(27)21(29)23-22(32-23)20(18)28/h12-14,16-19,22-23H,6-11H2,1-5H3/t14-,16+,17+,18+,19-,22-,23+,25-,26+,27-/m0/s1. The van der Waals surface area contributed by atoms with Crippen molar-refractivity contribution in [2.24, 2.45) is 51.8 Å². The zero-order valence-electron chi connectivity index (χ0n) is 20.0. The van der Waals surface area contributed by atoms with Crippen LogP contribution in [0.3, 0.4) is 0 Å². The second-order valence-electron chi connectivity index (χ2n) is 12.5. The number of methoxy groups -OCH3 is 1. The molecule has 0 amide bonds. The van der Waals surface area contributed by atoms with E-state index in [1.807, 2.05) is 0 Å². The highest BCUT2D eigenvalue weighted by molar-refractivity contribution is 6.07. The number of fused-ring (bicyclic) bond motifs is 2. The highest BCUT2D eigenvalue weighted by atomic mass is 16.6. The lowest BCUT2D eigenvalue weighted by atomic mass is 9.33. The van der Waals surface area contributed by atoms with Gasteiger partial charge in [0.15, 0.2) is 23.8 Å². The molecule has 1 spiro atoms. The molecule has 1 aliphatic heterocycles. The predicted octanol–water partition coefficient (Wildman–Crippen LogP) is 4.14. The van der Waals surface area contributed by atoms with E-state index in [9.17, 15) is 14.4 Å². The van der Waals surface area contributed by atoms with Crippen LogP contribution in [0.25, 0.3) is 0 Å². The minimum atomic E-state index is -0.494. The third-order valence-corrected chi connectivity index (χ3v) is 11.0. The van der Waals surface area contributed by atoms with Crippen LogP contribution in [0.4, 0.5) is 0 Å². The van der Waals surface area contributed by atoms with Crippen LogP contribution >= 0.6 is 0 Å². The fourth-order valence-corrected chi connectivity index (χ4v) is 9.80. The Hall–Kier alpha value is -1.49. The van der Waals surface area contributed by atoms with Crippen LogP contribution < -0.4 is 0 Å². The average molecular weight is 441 g/mol. The fourth-order valence-electron chi connectivity index (χ4n) is 9.80. The summed E-state index contributed by atoms with van der Waals surface area (Å²) in [6.07, 6.45) is 7.21. The molecule has 0 N–H and O–H groups in total. The van der Waals surface area contributed by atoms with Crippen molar-refractivity contribution in [3.63, 3.8) is 0 Å². The summed E-state index contributed by atoms with van der Waals surface area (Å²) in [5.74, 6) is 0.909. The Morgan fingerprint density at radius 1 is 1.09 bits per heavy atom. The maximum absolute atomic E-state index is 13.6. The fraction of sp³-hybridized carbons (Fsp3) is 0.815. The SMILES string of the molecule is COC(=O)[C@]1(C)CCC[C@]2(C)[C@H]3C[C@H]4C(C(C)C)=C[C@]3(CC[C@H]21)[C@@H]1C(=O)[C@H]2O[C@H]2C(=O)[C@@H]14. The number of ketones is 2. The normalized spacial score (nSPS) is 53.1. The van der Waals surface area contributed by atoms with Crippen LogP contribution in [0, 0.1) is 51.8 Å². The number of carbonyl (C=O) groups excluding carboxylic acids is 3. The topological polar surface area (TPSA) is 73.0 Å².